The number of carbonyl (C=O) groups excluding carboxylic acids is 1. The minimum absolute atomic E-state index is 0.321. The van der Waals surface area contributed by atoms with Gasteiger partial charge in [0.25, 0.3) is 0 Å². The van der Waals surface area contributed by atoms with Gasteiger partial charge in [-0.05, 0) is 47.4 Å². The van der Waals surface area contributed by atoms with Crippen LogP contribution in [0.1, 0.15) is 29.3 Å². The van der Waals surface area contributed by atoms with Gasteiger partial charge in [-0.3, -0.25) is 0 Å². The Balaban J connectivity index is 2.48. The van der Waals surface area contributed by atoms with E-state index < -0.39 is 0 Å². The molecule has 0 spiro atoms. The Labute approximate surface area is 124 Å². The maximum Gasteiger partial charge on any atom is 0.337 e. The van der Waals surface area contributed by atoms with Crippen molar-refractivity contribution in [3.05, 3.63) is 58.6 Å². The number of hydrogen-bond acceptors (Lipinski definition) is 2. The molecule has 2 aromatic carbocycles. The standard InChI is InChI=1S/C17H17ClO2/c1-3-5-12-11-15(18)8-9-16(12)13-6-4-7-14(10-13)17(19)20-2/h4,6-11H,3,5H2,1-2H3. The Kier molecular flexibility index (Phi) is 4.80. The topological polar surface area (TPSA) is 26.3 Å². The molecule has 0 bridgehead atoms. The van der Waals surface area contributed by atoms with Gasteiger partial charge in [-0.15, -0.1) is 0 Å². The zero-order valence-corrected chi connectivity index (χ0v) is 12.4. The number of ether oxygens (including phenoxy) is 1. The van der Waals surface area contributed by atoms with Gasteiger partial charge >= 0.3 is 5.97 Å². The van der Waals surface area contributed by atoms with E-state index in [0.29, 0.717) is 5.56 Å². The average Bonchev–Trinajstić information content (AvgIpc) is 2.47. The molecule has 2 rings (SSSR count). The zero-order valence-electron chi connectivity index (χ0n) is 11.7. The van der Waals surface area contributed by atoms with Crippen LogP contribution >= 0.6 is 11.6 Å². The number of methoxy groups -OCH3 is 1. The van der Waals surface area contributed by atoms with E-state index in [4.69, 9.17) is 16.3 Å². The number of aryl methyl sites for hydroxylation is 1. The fourth-order valence-corrected chi connectivity index (χ4v) is 2.45. The number of rotatable bonds is 4. The van der Waals surface area contributed by atoms with E-state index in [1.165, 1.54) is 12.7 Å². The molecule has 2 nitrogen and oxygen atoms in total. The number of carbonyl (C=O) groups is 1. The molecule has 0 amide bonds. The van der Waals surface area contributed by atoms with Gasteiger partial charge in [0.1, 0.15) is 0 Å². The molecular formula is C17H17ClO2. The summed E-state index contributed by atoms with van der Waals surface area (Å²) < 4.78 is 4.76. The second-order valence-electron chi connectivity index (χ2n) is 4.62. The van der Waals surface area contributed by atoms with Crippen LogP contribution in [0.2, 0.25) is 5.02 Å². The molecule has 0 aromatic heterocycles. The highest BCUT2D eigenvalue weighted by molar-refractivity contribution is 6.30. The Bertz CT molecular complexity index is 620. The van der Waals surface area contributed by atoms with Gasteiger partial charge in [0.05, 0.1) is 12.7 Å². The predicted molar refractivity (Wildman–Crippen MR) is 82.2 cm³/mol. The lowest BCUT2D eigenvalue weighted by atomic mass is 9.96. The van der Waals surface area contributed by atoms with Gasteiger partial charge < -0.3 is 4.74 Å². The van der Waals surface area contributed by atoms with Gasteiger partial charge in [0.2, 0.25) is 0 Å². The lowest BCUT2D eigenvalue weighted by Crippen LogP contribution is -2.01. The molecule has 20 heavy (non-hydrogen) atoms. The zero-order chi connectivity index (χ0) is 14.5. The lowest BCUT2D eigenvalue weighted by Gasteiger charge is -2.10. The first-order valence-corrected chi connectivity index (χ1v) is 7.00. The summed E-state index contributed by atoms with van der Waals surface area (Å²) in [4.78, 5) is 11.6. The molecule has 0 radical (unpaired) electrons. The lowest BCUT2D eigenvalue weighted by molar-refractivity contribution is 0.0601. The molecule has 0 heterocycles. The monoisotopic (exact) mass is 288 g/mol. The average molecular weight is 289 g/mol. The van der Waals surface area contributed by atoms with Crippen LogP contribution in [-0.4, -0.2) is 13.1 Å². The van der Waals surface area contributed by atoms with E-state index in [2.05, 4.69) is 6.92 Å². The minimum atomic E-state index is -0.321. The van der Waals surface area contributed by atoms with E-state index in [9.17, 15) is 4.79 Å². The van der Waals surface area contributed by atoms with Crippen molar-refractivity contribution in [3.63, 3.8) is 0 Å². The van der Waals surface area contributed by atoms with Gasteiger partial charge in [0.15, 0.2) is 0 Å². The van der Waals surface area contributed by atoms with Crippen LogP contribution in [0, 0.1) is 0 Å². The summed E-state index contributed by atoms with van der Waals surface area (Å²) >= 11 is 6.07. The Morgan fingerprint density at radius 3 is 2.70 bits per heavy atom. The second-order valence-corrected chi connectivity index (χ2v) is 5.06. The SMILES string of the molecule is CCCc1cc(Cl)ccc1-c1cccc(C(=O)OC)c1. The minimum Gasteiger partial charge on any atom is -0.465 e. The summed E-state index contributed by atoms with van der Waals surface area (Å²) in [6.45, 7) is 2.13. The molecule has 104 valence electrons. The summed E-state index contributed by atoms with van der Waals surface area (Å²) in [6, 6.07) is 13.3. The van der Waals surface area contributed by atoms with Crippen LogP contribution in [0.3, 0.4) is 0 Å². The van der Waals surface area contributed by atoms with Crippen LogP contribution < -0.4 is 0 Å². The van der Waals surface area contributed by atoms with E-state index >= 15 is 0 Å². The Morgan fingerprint density at radius 1 is 1.20 bits per heavy atom. The van der Waals surface area contributed by atoms with Crippen molar-refractivity contribution >= 4 is 17.6 Å². The van der Waals surface area contributed by atoms with Crippen LogP contribution in [0.25, 0.3) is 11.1 Å². The van der Waals surface area contributed by atoms with Gasteiger partial charge in [-0.25, -0.2) is 4.79 Å². The van der Waals surface area contributed by atoms with Crippen LogP contribution in [0.5, 0.6) is 0 Å². The number of halogens is 1. The molecule has 0 unspecified atom stereocenters. The Hall–Kier alpha value is -1.80. The molecule has 0 fully saturated rings. The fraction of sp³-hybridized carbons (Fsp3) is 0.235. The normalized spacial score (nSPS) is 10.3. The van der Waals surface area contributed by atoms with E-state index in [1.54, 1.807) is 6.07 Å². The molecule has 2 aromatic rings. The molecule has 0 aliphatic rings. The smallest absolute Gasteiger partial charge is 0.337 e. The van der Waals surface area contributed by atoms with Crippen molar-refractivity contribution in [3.8, 4) is 11.1 Å². The summed E-state index contributed by atoms with van der Waals surface area (Å²) in [5.74, 6) is -0.321. The van der Waals surface area contributed by atoms with Gasteiger partial charge in [-0.1, -0.05) is 43.1 Å². The third kappa shape index (κ3) is 3.20. The largest absolute Gasteiger partial charge is 0.465 e. The predicted octanol–water partition coefficient (Wildman–Crippen LogP) is 4.75. The molecule has 0 saturated carbocycles. The van der Waals surface area contributed by atoms with Gasteiger partial charge in [0, 0.05) is 5.02 Å². The summed E-state index contributed by atoms with van der Waals surface area (Å²) in [7, 11) is 1.39. The fourth-order valence-electron chi connectivity index (χ4n) is 2.25. The van der Waals surface area contributed by atoms with E-state index in [1.807, 2.05) is 36.4 Å². The number of benzene rings is 2. The first kappa shape index (κ1) is 14.6. The van der Waals surface area contributed by atoms with E-state index in [-0.39, 0.29) is 5.97 Å². The summed E-state index contributed by atoms with van der Waals surface area (Å²) in [6.07, 6.45) is 2.00. The number of hydrogen-bond donors (Lipinski definition) is 0. The molecule has 0 saturated heterocycles. The highest BCUT2D eigenvalue weighted by Gasteiger charge is 2.09. The van der Waals surface area contributed by atoms with Crippen molar-refractivity contribution in [2.45, 2.75) is 19.8 Å². The van der Waals surface area contributed by atoms with Crippen LogP contribution in [-0.2, 0) is 11.2 Å². The Morgan fingerprint density at radius 2 is 2.00 bits per heavy atom. The quantitative estimate of drug-likeness (QED) is 0.759. The summed E-state index contributed by atoms with van der Waals surface area (Å²) in [5, 5.41) is 0.737. The maximum absolute atomic E-state index is 11.6. The molecule has 0 N–H and O–H groups in total. The highest BCUT2D eigenvalue weighted by Crippen LogP contribution is 2.28. The van der Waals surface area contributed by atoms with Crippen molar-refractivity contribution in [2.75, 3.05) is 7.11 Å². The summed E-state index contributed by atoms with van der Waals surface area (Å²) in [5.41, 5.74) is 3.87. The van der Waals surface area contributed by atoms with Crippen molar-refractivity contribution in [2.24, 2.45) is 0 Å². The molecule has 3 heteroatoms. The first-order valence-electron chi connectivity index (χ1n) is 6.63. The molecular weight excluding hydrogens is 272 g/mol. The third-order valence-corrected chi connectivity index (χ3v) is 3.42. The molecule has 0 atom stereocenters. The third-order valence-electron chi connectivity index (χ3n) is 3.18. The molecule has 0 aliphatic heterocycles. The number of esters is 1. The van der Waals surface area contributed by atoms with Crippen LogP contribution in [0.15, 0.2) is 42.5 Å². The maximum atomic E-state index is 11.6. The second kappa shape index (κ2) is 6.58. The van der Waals surface area contributed by atoms with Crippen molar-refractivity contribution < 1.29 is 9.53 Å². The molecule has 0 aliphatic carbocycles. The van der Waals surface area contributed by atoms with Gasteiger partial charge in [-0.2, -0.15) is 0 Å². The highest BCUT2D eigenvalue weighted by atomic mass is 35.5. The first-order chi connectivity index (χ1) is 9.65. The van der Waals surface area contributed by atoms with Crippen molar-refractivity contribution in [1.82, 2.24) is 0 Å². The van der Waals surface area contributed by atoms with E-state index in [0.717, 1.165) is 29.0 Å². The van der Waals surface area contributed by atoms with Crippen LogP contribution in [0.4, 0.5) is 0 Å². The van der Waals surface area contributed by atoms with Crippen molar-refractivity contribution in [1.29, 1.82) is 0 Å².